The lowest BCUT2D eigenvalue weighted by atomic mass is 9.73. The molecule has 0 amide bonds. The Hall–Kier alpha value is 0.0400. The monoisotopic (exact) mass is 346 g/mol. The minimum Gasteiger partial charge on any atom is -0.226 e. The molecule has 0 aromatic carbocycles. The molecule has 0 saturated heterocycles. The lowest BCUT2D eigenvalue weighted by molar-refractivity contribution is 0.220. The summed E-state index contributed by atoms with van der Waals surface area (Å²) in [5.41, 5.74) is 0.500. The predicted octanol–water partition coefficient (Wildman–Crippen LogP) is 4.69. The second-order valence-corrected chi connectivity index (χ2v) is 6.94. The standard InChI is InChI=1S/C12H16Br2N2/c1-12(2)5-3-8(4-6-12)11-15-9(13)7-10(14)16-11/h7-8H,3-6H2,1-2H3. The molecule has 0 atom stereocenters. The van der Waals surface area contributed by atoms with Crippen LogP contribution in [0.5, 0.6) is 0 Å². The Labute approximate surface area is 114 Å². The Morgan fingerprint density at radius 3 is 2.12 bits per heavy atom. The van der Waals surface area contributed by atoms with Crippen LogP contribution in [-0.4, -0.2) is 9.97 Å². The largest absolute Gasteiger partial charge is 0.226 e. The van der Waals surface area contributed by atoms with E-state index in [4.69, 9.17) is 0 Å². The lowest BCUT2D eigenvalue weighted by Crippen LogP contribution is -2.21. The van der Waals surface area contributed by atoms with Gasteiger partial charge < -0.3 is 0 Å². The molecule has 1 fully saturated rings. The van der Waals surface area contributed by atoms with Crippen LogP contribution in [0.25, 0.3) is 0 Å². The van der Waals surface area contributed by atoms with Crippen molar-refractivity contribution in [3.05, 3.63) is 21.1 Å². The maximum Gasteiger partial charge on any atom is 0.134 e. The zero-order chi connectivity index (χ0) is 11.8. The average molecular weight is 348 g/mol. The molecule has 1 aliphatic carbocycles. The third-order valence-corrected chi connectivity index (χ3v) is 4.20. The summed E-state index contributed by atoms with van der Waals surface area (Å²) in [5.74, 6) is 1.51. The number of aromatic nitrogens is 2. The highest BCUT2D eigenvalue weighted by Gasteiger charge is 2.29. The molecule has 2 nitrogen and oxygen atoms in total. The van der Waals surface area contributed by atoms with E-state index >= 15 is 0 Å². The molecule has 0 bridgehead atoms. The molecule has 4 heteroatoms. The van der Waals surface area contributed by atoms with E-state index in [0.29, 0.717) is 11.3 Å². The molecule has 1 aromatic rings. The normalized spacial score (nSPS) is 21.0. The van der Waals surface area contributed by atoms with E-state index in [1.807, 2.05) is 6.07 Å². The van der Waals surface area contributed by atoms with Crippen molar-refractivity contribution in [1.29, 1.82) is 0 Å². The van der Waals surface area contributed by atoms with Gasteiger partial charge in [-0.1, -0.05) is 13.8 Å². The van der Waals surface area contributed by atoms with Crippen LogP contribution in [0.15, 0.2) is 15.3 Å². The first-order valence-electron chi connectivity index (χ1n) is 5.66. The van der Waals surface area contributed by atoms with Crippen molar-refractivity contribution >= 4 is 31.9 Å². The quantitative estimate of drug-likeness (QED) is 0.689. The van der Waals surface area contributed by atoms with Crippen LogP contribution >= 0.6 is 31.9 Å². The SMILES string of the molecule is CC1(C)CCC(c2nc(Br)cc(Br)n2)CC1. The van der Waals surface area contributed by atoms with E-state index in [2.05, 4.69) is 55.7 Å². The van der Waals surface area contributed by atoms with Crippen molar-refractivity contribution in [2.24, 2.45) is 5.41 Å². The fraction of sp³-hybridized carbons (Fsp3) is 0.667. The van der Waals surface area contributed by atoms with Crippen LogP contribution in [0.3, 0.4) is 0 Å². The highest BCUT2D eigenvalue weighted by molar-refractivity contribution is 9.11. The number of rotatable bonds is 1. The summed E-state index contributed by atoms with van der Waals surface area (Å²) >= 11 is 6.84. The van der Waals surface area contributed by atoms with Crippen molar-refractivity contribution in [1.82, 2.24) is 9.97 Å². The maximum absolute atomic E-state index is 4.48. The highest BCUT2D eigenvalue weighted by Crippen LogP contribution is 2.41. The van der Waals surface area contributed by atoms with Crippen molar-refractivity contribution in [2.75, 3.05) is 0 Å². The van der Waals surface area contributed by atoms with Gasteiger partial charge in [-0.05, 0) is 63.0 Å². The van der Waals surface area contributed by atoms with E-state index in [-0.39, 0.29) is 0 Å². The first-order chi connectivity index (χ1) is 7.46. The Kier molecular flexibility index (Phi) is 3.69. The molecule has 1 saturated carbocycles. The van der Waals surface area contributed by atoms with Gasteiger partial charge in [0.05, 0.1) is 0 Å². The van der Waals surface area contributed by atoms with Gasteiger partial charge in [-0.25, -0.2) is 9.97 Å². The van der Waals surface area contributed by atoms with Gasteiger partial charge in [0.25, 0.3) is 0 Å². The summed E-state index contributed by atoms with van der Waals surface area (Å²) in [6.07, 6.45) is 4.95. The third-order valence-electron chi connectivity index (χ3n) is 3.39. The Morgan fingerprint density at radius 2 is 1.62 bits per heavy atom. The minimum absolute atomic E-state index is 0.500. The van der Waals surface area contributed by atoms with Gasteiger partial charge in [-0.15, -0.1) is 0 Å². The number of halogens is 2. The molecule has 0 unspecified atom stereocenters. The van der Waals surface area contributed by atoms with E-state index in [0.717, 1.165) is 15.0 Å². The molecular formula is C12H16Br2N2. The van der Waals surface area contributed by atoms with Crippen LogP contribution in [0.4, 0.5) is 0 Å². The molecular weight excluding hydrogens is 332 g/mol. The van der Waals surface area contributed by atoms with Gasteiger partial charge in [0.15, 0.2) is 0 Å². The summed E-state index contributed by atoms with van der Waals surface area (Å²) < 4.78 is 1.74. The van der Waals surface area contributed by atoms with Crippen molar-refractivity contribution in [2.45, 2.75) is 45.4 Å². The topological polar surface area (TPSA) is 25.8 Å². The Morgan fingerprint density at radius 1 is 1.12 bits per heavy atom. The number of hydrogen-bond acceptors (Lipinski definition) is 2. The molecule has 0 spiro atoms. The summed E-state index contributed by atoms with van der Waals surface area (Å²) in [7, 11) is 0. The first-order valence-corrected chi connectivity index (χ1v) is 7.25. The lowest BCUT2D eigenvalue weighted by Gasteiger charge is -2.33. The van der Waals surface area contributed by atoms with Gasteiger partial charge in [0.1, 0.15) is 15.0 Å². The van der Waals surface area contributed by atoms with Gasteiger partial charge in [-0.3, -0.25) is 0 Å². The molecule has 88 valence electrons. The van der Waals surface area contributed by atoms with E-state index < -0.39 is 0 Å². The zero-order valence-corrected chi connectivity index (χ0v) is 12.8. The van der Waals surface area contributed by atoms with E-state index in [1.165, 1.54) is 25.7 Å². The zero-order valence-electron chi connectivity index (χ0n) is 9.63. The molecule has 0 N–H and O–H groups in total. The van der Waals surface area contributed by atoms with Crippen molar-refractivity contribution < 1.29 is 0 Å². The minimum atomic E-state index is 0.500. The third kappa shape index (κ3) is 3.04. The summed E-state index contributed by atoms with van der Waals surface area (Å²) in [6, 6.07) is 1.89. The molecule has 1 aromatic heterocycles. The van der Waals surface area contributed by atoms with E-state index in [9.17, 15) is 0 Å². The molecule has 16 heavy (non-hydrogen) atoms. The highest BCUT2D eigenvalue weighted by atomic mass is 79.9. The second-order valence-electron chi connectivity index (χ2n) is 5.31. The molecule has 0 radical (unpaired) electrons. The number of hydrogen-bond donors (Lipinski definition) is 0. The number of nitrogens with zero attached hydrogens (tertiary/aromatic N) is 2. The summed E-state index contributed by atoms with van der Waals surface area (Å²) in [6.45, 7) is 4.70. The maximum atomic E-state index is 4.48. The van der Waals surface area contributed by atoms with Crippen molar-refractivity contribution in [3.63, 3.8) is 0 Å². The fourth-order valence-electron chi connectivity index (χ4n) is 2.25. The molecule has 1 heterocycles. The molecule has 2 rings (SSSR count). The van der Waals surface area contributed by atoms with Crippen LogP contribution in [0, 0.1) is 5.41 Å². The average Bonchev–Trinajstić information content (AvgIpc) is 2.15. The molecule has 0 aliphatic heterocycles. The Balaban J connectivity index is 2.14. The van der Waals surface area contributed by atoms with Gasteiger partial charge >= 0.3 is 0 Å². The second kappa shape index (κ2) is 4.73. The van der Waals surface area contributed by atoms with Gasteiger partial charge in [-0.2, -0.15) is 0 Å². The summed E-state index contributed by atoms with van der Waals surface area (Å²) in [5, 5.41) is 0. The predicted molar refractivity (Wildman–Crippen MR) is 72.4 cm³/mol. The molecule has 1 aliphatic rings. The fourth-order valence-corrected chi connectivity index (χ4v) is 3.35. The van der Waals surface area contributed by atoms with Gasteiger partial charge in [0, 0.05) is 12.0 Å². The van der Waals surface area contributed by atoms with Crippen molar-refractivity contribution in [3.8, 4) is 0 Å². The van der Waals surface area contributed by atoms with E-state index in [1.54, 1.807) is 0 Å². The smallest absolute Gasteiger partial charge is 0.134 e. The van der Waals surface area contributed by atoms with Crippen LogP contribution in [-0.2, 0) is 0 Å². The summed E-state index contributed by atoms with van der Waals surface area (Å²) in [4.78, 5) is 8.96. The van der Waals surface area contributed by atoms with Gasteiger partial charge in [0.2, 0.25) is 0 Å². The first kappa shape index (κ1) is 12.5. The van der Waals surface area contributed by atoms with Crippen LogP contribution < -0.4 is 0 Å². The Bertz CT molecular complexity index is 360. The van der Waals surface area contributed by atoms with Crippen LogP contribution in [0.2, 0.25) is 0 Å². The van der Waals surface area contributed by atoms with Crippen LogP contribution in [0.1, 0.15) is 51.3 Å².